The Morgan fingerprint density at radius 1 is 1.42 bits per heavy atom. The van der Waals surface area contributed by atoms with Crippen molar-refractivity contribution in [3.05, 3.63) is 34.3 Å². The minimum Gasteiger partial charge on any atom is -0.484 e. The number of aromatic nitrogens is 1. The molecular weight excluding hydrogens is 326 g/mol. The van der Waals surface area contributed by atoms with Crippen molar-refractivity contribution in [3.63, 3.8) is 0 Å². The lowest BCUT2D eigenvalue weighted by Crippen LogP contribution is -2.08. The van der Waals surface area contributed by atoms with Crippen LogP contribution in [0.4, 0.5) is 10.8 Å². The van der Waals surface area contributed by atoms with Gasteiger partial charge in [0.1, 0.15) is 0 Å². The molecule has 2 aromatic rings. The summed E-state index contributed by atoms with van der Waals surface area (Å²) in [5.41, 5.74) is 6.98. The molecule has 0 spiro atoms. The van der Waals surface area contributed by atoms with Crippen molar-refractivity contribution in [2.24, 2.45) is 0 Å². The van der Waals surface area contributed by atoms with Gasteiger partial charge < -0.3 is 15.8 Å². The van der Waals surface area contributed by atoms with E-state index in [1.54, 1.807) is 0 Å². The van der Waals surface area contributed by atoms with Crippen LogP contribution in [-0.4, -0.2) is 10.5 Å². The van der Waals surface area contributed by atoms with E-state index in [-0.39, 0.29) is 6.10 Å². The second-order valence-electron chi connectivity index (χ2n) is 4.34. The monoisotopic (exact) mass is 341 g/mol. The number of hydrogen-bond donors (Lipinski definition) is 2. The van der Waals surface area contributed by atoms with Crippen molar-refractivity contribution in [2.75, 3.05) is 11.1 Å². The third kappa shape index (κ3) is 3.61. The van der Waals surface area contributed by atoms with Crippen LogP contribution in [0.25, 0.3) is 0 Å². The van der Waals surface area contributed by atoms with Crippen LogP contribution in [0.1, 0.15) is 19.4 Å². The molecule has 0 amide bonds. The summed E-state index contributed by atoms with van der Waals surface area (Å²) < 4.78 is 10.9. The average molecular weight is 342 g/mol. The first-order valence-corrected chi connectivity index (χ1v) is 7.53. The van der Waals surface area contributed by atoms with Gasteiger partial charge in [0.25, 0.3) is 0 Å². The van der Waals surface area contributed by atoms with Crippen LogP contribution in [-0.2, 0) is 6.54 Å². The van der Waals surface area contributed by atoms with Gasteiger partial charge in [-0.2, -0.15) is 4.37 Å². The third-order valence-corrected chi connectivity index (χ3v) is 4.00. The van der Waals surface area contributed by atoms with E-state index >= 15 is 0 Å². The molecule has 6 heteroatoms. The first-order valence-electron chi connectivity index (χ1n) is 5.97. The number of nitrogens with one attached hydrogen (secondary N) is 1. The quantitative estimate of drug-likeness (QED) is 0.866. The minimum absolute atomic E-state index is 0.0720. The van der Waals surface area contributed by atoms with Crippen LogP contribution < -0.4 is 15.8 Å². The molecule has 0 saturated carbocycles. The molecule has 4 nitrogen and oxygen atoms in total. The van der Waals surface area contributed by atoms with E-state index in [2.05, 4.69) is 31.7 Å². The third-order valence-electron chi connectivity index (χ3n) is 2.42. The van der Waals surface area contributed by atoms with Gasteiger partial charge in [-0.05, 0) is 37.0 Å². The van der Waals surface area contributed by atoms with Gasteiger partial charge in [0.15, 0.2) is 16.6 Å². The lowest BCUT2D eigenvalue weighted by atomic mass is 10.2. The van der Waals surface area contributed by atoms with Gasteiger partial charge in [-0.15, -0.1) is 0 Å². The van der Waals surface area contributed by atoms with Gasteiger partial charge in [0.2, 0.25) is 0 Å². The Balaban J connectivity index is 2.10. The highest BCUT2D eigenvalue weighted by molar-refractivity contribution is 9.10. The maximum atomic E-state index is 5.81. The fraction of sp³-hybridized carbons (Fsp3) is 0.308. The molecule has 0 bridgehead atoms. The molecule has 0 radical (unpaired) electrons. The van der Waals surface area contributed by atoms with Crippen molar-refractivity contribution in [1.82, 2.24) is 4.37 Å². The lowest BCUT2D eigenvalue weighted by molar-refractivity contribution is 0.245. The smallest absolute Gasteiger partial charge is 0.197 e. The molecule has 0 unspecified atom stereocenters. The molecule has 0 atom stereocenters. The maximum absolute atomic E-state index is 5.81. The van der Waals surface area contributed by atoms with Crippen LogP contribution in [0.15, 0.2) is 28.7 Å². The summed E-state index contributed by atoms with van der Waals surface area (Å²) in [4.78, 5) is 0. The summed E-state index contributed by atoms with van der Waals surface area (Å²) in [6.07, 6.45) is 0.0720. The molecule has 0 saturated heterocycles. The molecule has 0 fully saturated rings. The second-order valence-corrected chi connectivity index (χ2v) is 5.97. The van der Waals surface area contributed by atoms with Gasteiger partial charge in [-0.1, -0.05) is 34.1 Å². The topological polar surface area (TPSA) is 60.2 Å². The van der Waals surface area contributed by atoms with Crippen LogP contribution in [0.3, 0.4) is 0 Å². The van der Waals surface area contributed by atoms with Crippen LogP contribution in [0.2, 0.25) is 0 Å². The van der Waals surface area contributed by atoms with Gasteiger partial charge in [0, 0.05) is 11.0 Å². The average Bonchev–Trinajstić information content (AvgIpc) is 2.70. The Morgan fingerprint density at radius 2 is 2.16 bits per heavy atom. The molecule has 3 N–H and O–H groups in total. The van der Waals surface area contributed by atoms with Crippen molar-refractivity contribution >= 4 is 38.3 Å². The zero-order valence-corrected chi connectivity index (χ0v) is 13.2. The van der Waals surface area contributed by atoms with E-state index in [1.807, 2.05) is 32.0 Å². The molecule has 1 aromatic carbocycles. The highest BCUT2D eigenvalue weighted by Crippen LogP contribution is 2.36. The standard InChI is InChI=1S/C13H16BrN3OS/c1-8(2)18-11-12(15)17-19-13(11)16-7-9-5-3-4-6-10(9)14/h3-6,8,16H,7H2,1-2H3,(H2,15,17). The number of anilines is 2. The number of ether oxygens (including phenoxy) is 1. The van der Waals surface area contributed by atoms with Gasteiger partial charge >= 0.3 is 0 Å². The Kier molecular flexibility index (Phi) is 4.66. The Bertz CT molecular complexity index is 557. The summed E-state index contributed by atoms with van der Waals surface area (Å²) in [5, 5.41) is 4.18. The maximum Gasteiger partial charge on any atom is 0.197 e. The zero-order chi connectivity index (χ0) is 13.8. The number of nitrogen functional groups attached to an aromatic ring is 1. The summed E-state index contributed by atoms with van der Waals surface area (Å²) in [7, 11) is 0. The first kappa shape index (κ1) is 14.1. The number of benzene rings is 1. The van der Waals surface area contributed by atoms with E-state index in [9.17, 15) is 0 Å². The normalized spacial score (nSPS) is 10.7. The Labute approximate surface area is 125 Å². The zero-order valence-electron chi connectivity index (χ0n) is 10.8. The highest BCUT2D eigenvalue weighted by Gasteiger charge is 2.14. The number of halogens is 1. The molecule has 1 aromatic heterocycles. The fourth-order valence-electron chi connectivity index (χ4n) is 1.57. The number of rotatable bonds is 5. The Morgan fingerprint density at radius 3 is 2.84 bits per heavy atom. The highest BCUT2D eigenvalue weighted by atomic mass is 79.9. The minimum atomic E-state index is 0.0720. The molecule has 0 aliphatic carbocycles. The molecule has 102 valence electrons. The molecular formula is C13H16BrN3OS. The molecule has 1 heterocycles. The molecule has 0 aliphatic rings. The van der Waals surface area contributed by atoms with Crippen molar-refractivity contribution in [3.8, 4) is 5.75 Å². The predicted octanol–water partition coefficient (Wildman–Crippen LogP) is 3.89. The number of hydrogen-bond acceptors (Lipinski definition) is 5. The van der Waals surface area contributed by atoms with E-state index in [0.29, 0.717) is 18.1 Å². The van der Waals surface area contributed by atoms with E-state index in [0.717, 1.165) is 9.47 Å². The van der Waals surface area contributed by atoms with E-state index in [1.165, 1.54) is 17.1 Å². The largest absolute Gasteiger partial charge is 0.484 e. The van der Waals surface area contributed by atoms with Gasteiger partial charge in [0.05, 0.1) is 6.10 Å². The molecule has 0 aliphatic heterocycles. The summed E-state index contributed by atoms with van der Waals surface area (Å²) in [6, 6.07) is 8.08. The summed E-state index contributed by atoms with van der Waals surface area (Å²) >= 11 is 4.84. The fourth-order valence-corrected chi connectivity index (χ4v) is 2.64. The lowest BCUT2D eigenvalue weighted by Gasteiger charge is -2.12. The Hall–Kier alpha value is -1.27. The second kappa shape index (κ2) is 6.25. The van der Waals surface area contributed by atoms with E-state index in [4.69, 9.17) is 10.5 Å². The van der Waals surface area contributed by atoms with Crippen LogP contribution in [0.5, 0.6) is 5.75 Å². The van der Waals surface area contributed by atoms with Crippen molar-refractivity contribution in [2.45, 2.75) is 26.5 Å². The van der Waals surface area contributed by atoms with E-state index < -0.39 is 0 Å². The predicted molar refractivity (Wildman–Crippen MR) is 83.8 cm³/mol. The summed E-state index contributed by atoms with van der Waals surface area (Å²) in [6.45, 7) is 4.63. The SMILES string of the molecule is CC(C)Oc1c(N)nsc1NCc1ccccc1Br. The number of nitrogens with two attached hydrogens (primary N) is 1. The van der Waals surface area contributed by atoms with Crippen molar-refractivity contribution < 1.29 is 4.74 Å². The first-order chi connectivity index (χ1) is 9.08. The van der Waals surface area contributed by atoms with Crippen molar-refractivity contribution in [1.29, 1.82) is 0 Å². The van der Waals surface area contributed by atoms with Crippen LogP contribution >= 0.6 is 27.5 Å². The molecule has 19 heavy (non-hydrogen) atoms. The molecule has 2 rings (SSSR count). The van der Waals surface area contributed by atoms with Gasteiger partial charge in [-0.3, -0.25) is 0 Å². The number of nitrogens with zero attached hydrogens (tertiary/aromatic N) is 1. The van der Waals surface area contributed by atoms with Gasteiger partial charge in [-0.25, -0.2) is 0 Å². The summed E-state index contributed by atoms with van der Waals surface area (Å²) in [5.74, 6) is 1.08. The van der Waals surface area contributed by atoms with Crippen LogP contribution in [0, 0.1) is 0 Å².